The molecule has 0 aliphatic carbocycles. The van der Waals surface area contributed by atoms with Crippen LogP contribution in [0.2, 0.25) is 0 Å². The molecule has 3 aromatic rings. The fourth-order valence-electron chi connectivity index (χ4n) is 6.38. The van der Waals surface area contributed by atoms with Crippen molar-refractivity contribution in [2.45, 2.75) is 109 Å². The Labute approximate surface area is 294 Å². The van der Waals surface area contributed by atoms with E-state index in [2.05, 4.69) is 29.6 Å². The lowest BCUT2D eigenvalue weighted by Crippen LogP contribution is -2.44. The van der Waals surface area contributed by atoms with E-state index >= 15 is 0 Å². The molecule has 12 nitrogen and oxygen atoms in total. The summed E-state index contributed by atoms with van der Waals surface area (Å²) in [4.78, 5) is 48.1. The summed E-state index contributed by atoms with van der Waals surface area (Å²) in [7, 11) is 1.73. The van der Waals surface area contributed by atoms with Gasteiger partial charge in [-0.15, -0.1) is 0 Å². The monoisotopic (exact) mass is 693 g/mol. The van der Waals surface area contributed by atoms with Gasteiger partial charge in [0.1, 0.15) is 6.04 Å². The minimum absolute atomic E-state index is 0.0969. The number of aryl methyl sites for hydroxylation is 3. The van der Waals surface area contributed by atoms with Gasteiger partial charge < -0.3 is 25.7 Å². The molecule has 50 heavy (non-hydrogen) atoms. The third kappa shape index (κ3) is 11.6. The van der Waals surface area contributed by atoms with Crippen LogP contribution in [0.15, 0.2) is 47.3 Å². The molecule has 274 valence electrons. The Hall–Kier alpha value is -3.84. The highest BCUT2D eigenvalue weighted by Gasteiger charge is 2.31. The number of piperidine rings is 1. The molecule has 0 spiro atoms. The first-order valence-corrected chi connectivity index (χ1v) is 18.1. The van der Waals surface area contributed by atoms with E-state index in [1.54, 1.807) is 11.6 Å². The molecule has 0 bridgehead atoms. The van der Waals surface area contributed by atoms with E-state index in [1.807, 2.05) is 25.1 Å². The first kappa shape index (κ1) is 39.0. The van der Waals surface area contributed by atoms with Gasteiger partial charge in [0.05, 0.1) is 23.7 Å². The van der Waals surface area contributed by atoms with Crippen LogP contribution < -0.4 is 22.5 Å². The second-order valence-electron chi connectivity index (χ2n) is 13.3. The maximum Gasteiger partial charge on any atom is 0.329 e. The number of ether oxygens (including phenoxy) is 3. The van der Waals surface area contributed by atoms with Gasteiger partial charge in [0, 0.05) is 52.4 Å². The van der Waals surface area contributed by atoms with Gasteiger partial charge in [-0.05, 0) is 93.9 Å². The first-order chi connectivity index (χ1) is 24.2. The van der Waals surface area contributed by atoms with Crippen molar-refractivity contribution in [1.29, 1.82) is 0 Å². The summed E-state index contributed by atoms with van der Waals surface area (Å²) in [6, 6.07) is 13.5. The third-order valence-electron chi connectivity index (χ3n) is 9.37. The van der Waals surface area contributed by atoms with Crippen LogP contribution in [0.4, 0.5) is 0 Å². The number of imide groups is 1. The van der Waals surface area contributed by atoms with Gasteiger partial charge in [-0.2, -0.15) is 0 Å². The van der Waals surface area contributed by atoms with Crippen molar-refractivity contribution in [1.82, 2.24) is 14.5 Å². The lowest BCUT2D eigenvalue weighted by atomic mass is 10.0. The van der Waals surface area contributed by atoms with Crippen molar-refractivity contribution < 1.29 is 28.6 Å². The molecule has 0 saturated carbocycles. The molecule has 4 rings (SSSR count). The maximum absolute atomic E-state index is 13.1. The predicted octanol–water partition coefficient (Wildman–Crippen LogP) is 3.97. The molecular formula is C38H55N5O7. The minimum Gasteiger partial charge on any atom is -0.381 e. The second kappa shape index (κ2) is 20.1. The summed E-state index contributed by atoms with van der Waals surface area (Å²) in [5.74, 6) is -1.02. The van der Waals surface area contributed by atoms with E-state index in [4.69, 9.17) is 25.7 Å². The zero-order valence-corrected chi connectivity index (χ0v) is 29.7. The van der Waals surface area contributed by atoms with Crippen molar-refractivity contribution in [3.05, 3.63) is 69.6 Å². The number of hydrogen-bond donors (Lipinski definition) is 3. The lowest BCUT2D eigenvalue weighted by Gasteiger charge is -2.21. The summed E-state index contributed by atoms with van der Waals surface area (Å²) >= 11 is 0. The number of para-hydroxylation sites is 1. The SMILES string of the molecule is C[C@@H](OCc1ccc(CCCOCCCCCOCCCc2cccc3c2n(C)c(=O)n3C2CCC(=O)NC2=O)cc1)[C@@H](N)CCCC(N)=O. The van der Waals surface area contributed by atoms with Gasteiger partial charge in [-0.1, -0.05) is 36.4 Å². The Balaban J connectivity index is 1.02. The number of nitrogens with zero attached hydrogens (tertiary/aromatic N) is 2. The number of nitrogens with one attached hydrogen (secondary N) is 1. The number of aromatic nitrogens is 2. The van der Waals surface area contributed by atoms with Crippen LogP contribution in [-0.4, -0.2) is 65.4 Å². The molecular weight excluding hydrogens is 638 g/mol. The molecule has 1 aliphatic heterocycles. The summed E-state index contributed by atoms with van der Waals surface area (Å²) in [6.07, 6.45) is 8.75. The number of unbranched alkanes of at least 4 members (excludes halogenated alkanes) is 2. The Morgan fingerprint density at radius 2 is 1.56 bits per heavy atom. The number of fused-ring (bicyclic) bond motifs is 1. The van der Waals surface area contributed by atoms with Crippen LogP contribution in [0, 0.1) is 0 Å². The smallest absolute Gasteiger partial charge is 0.329 e. The fourth-order valence-corrected chi connectivity index (χ4v) is 6.38. The van der Waals surface area contributed by atoms with Gasteiger partial charge in [-0.3, -0.25) is 28.8 Å². The van der Waals surface area contributed by atoms with E-state index in [9.17, 15) is 19.2 Å². The summed E-state index contributed by atoms with van der Waals surface area (Å²) in [5.41, 5.74) is 16.1. The predicted molar refractivity (Wildman–Crippen MR) is 192 cm³/mol. The molecule has 2 heterocycles. The quantitative estimate of drug-likeness (QED) is 0.0990. The van der Waals surface area contributed by atoms with E-state index in [-0.39, 0.29) is 36.1 Å². The largest absolute Gasteiger partial charge is 0.381 e. The number of benzene rings is 2. The van der Waals surface area contributed by atoms with E-state index in [1.165, 1.54) is 10.1 Å². The highest BCUT2D eigenvalue weighted by molar-refractivity contribution is 6.00. The van der Waals surface area contributed by atoms with E-state index < -0.39 is 11.9 Å². The minimum atomic E-state index is -0.682. The summed E-state index contributed by atoms with van der Waals surface area (Å²) in [6.45, 7) is 5.30. The molecule has 12 heteroatoms. The van der Waals surface area contributed by atoms with Gasteiger partial charge >= 0.3 is 5.69 Å². The van der Waals surface area contributed by atoms with Crippen molar-refractivity contribution in [2.75, 3.05) is 26.4 Å². The lowest BCUT2D eigenvalue weighted by molar-refractivity contribution is -0.135. The Morgan fingerprint density at radius 3 is 2.24 bits per heavy atom. The average molecular weight is 694 g/mol. The number of hydrogen-bond acceptors (Lipinski definition) is 8. The highest BCUT2D eigenvalue weighted by atomic mass is 16.5. The zero-order valence-electron chi connectivity index (χ0n) is 29.7. The Bertz CT molecular complexity index is 1600. The third-order valence-corrected chi connectivity index (χ3v) is 9.37. The topological polar surface area (TPSA) is 170 Å². The molecule has 3 amide bonds. The number of carbonyl (C=O) groups excluding carboxylic acids is 3. The summed E-state index contributed by atoms with van der Waals surface area (Å²) < 4.78 is 20.8. The van der Waals surface area contributed by atoms with Crippen molar-refractivity contribution >= 4 is 28.8 Å². The number of imidazole rings is 1. The molecule has 1 aliphatic rings. The number of rotatable bonds is 23. The van der Waals surface area contributed by atoms with Crippen LogP contribution in [0.5, 0.6) is 0 Å². The molecule has 0 radical (unpaired) electrons. The van der Waals surface area contributed by atoms with Crippen LogP contribution in [0.25, 0.3) is 11.0 Å². The van der Waals surface area contributed by atoms with Crippen LogP contribution in [0.1, 0.15) is 93.9 Å². The molecule has 5 N–H and O–H groups in total. The van der Waals surface area contributed by atoms with E-state index in [0.717, 1.165) is 74.8 Å². The van der Waals surface area contributed by atoms with Crippen molar-refractivity contribution in [3.8, 4) is 0 Å². The van der Waals surface area contributed by atoms with Gasteiger partial charge in [0.25, 0.3) is 0 Å². The van der Waals surface area contributed by atoms with Gasteiger partial charge in [-0.25, -0.2) is 4.79 Å². The molecule has 2 aromatic carbocycles. The van der Waals surface area contributed by atoms with E-state index in [0.29, 0.717) is 51.0 Å². The molecule has 1 saturated heterocycles. The average Bonchev–Trinajstić information content (AvgIpc) is 3.35. The summed E-state index contributed by atoms with van der Waals surface area (Å²) in [5, 5.41) is 2.36. The second-order valence-corrected chi connectivity index (χ2v) is 13.3. The zero-order chi connectivity index (χ0) is 35.9. The highest BCUT2D eigenvalue weighted by Crippen LogP contribution is 2.25. The molecule has 1 aromatic heterocycles. The normalized spacial score (nSPS) is 16.1. The van der Waals surface area contributed by atoms with Gasteiger partial charge in [0.15, 0.2) is 0 Å². The Kier molecular flexibility index (Phi) is 15.7. The first-order valence-electron chi connectivity index (χ1n) is 18.1. The standard InChI is InChI=1S/C38H55N5O7/c1-27(31(39)13-7-15-34(40)44)50-26-29-18-16-28(17-19-29)10-8-24-48-22-4-3-5-23-49-25-9-12-30-11-6-14-32-36(30)42(2)38(47)43(32)33-20-21-35(45)41-37(33)46/h6,11,14,16-19,27,31,33H,3-5,7-10,12-13,15,20-26,39H2,1-2H3,(H2,40,44)(H,41,45,46)/t27-,31+,33?/m1/s1. The fraction of sp³-hybridized carbons (Fsp3) is 0.579. The number of nitrogens with two attached hydrogens (primary N) is 2. The molecule has 1 unspecified atom stereocenters. The maximum atomic E-state index is 13.1. The number of carbonyl (C=O) groups is 3. The van der Waals surface area contributed by atoms with Crippen LogP contribution >= 0.6 is 0 Å². The molecule has 3 atom stereocenters. The van der Waals surface area contributed by atoms with Crippen LogP contribution in [-0.2, 0) is 55.1 Å². The number of primary amides is 1. The van der Waals surface area contributed by atoms with Crippen LogP contribution in [0.3, 0.4) is 0 Å². The van der Waals surface area contributed by atoms with Crippen molar-refractivity contribution in [2.24, 2.45) is 18.5 Å². The Morgan fingerprint density at radius 1 is 0.900 bits per heavy atom. The van der Waals surface area contributed by atoms with Gasteiger partial charge in [0.2, 0.25) is 17.7 Å². The number of amides is 3. The van der Waals surface area contributed by atoms with Crippen molar-refractivity contribution in [3.63, 3.8) is 0 Å². The molecule has 1 fully saturated rings.